The van der Waals surface area contributed by atoms with Gasteiger partial charge in [0.2, 0.25) is 0 Å². The molecule has 0 aromatic heterocycles. The van der Waals surface area contributed by atoms with E-state index in [9.17, 15) is 9.59 Å². The first kappa shape index (κ1) is 15.2. The predicted octanol–water partition coefficient (Wildman–Crippen LogP) is 3.65. The second-order valence-electron chi connectivity index (χ2n) is 5.54. The third-order valence-electron chi connectivity index (χ3n) is 3.70. The largest absolute Gasteiger partial charge is 0.462 e. The van der Waals surface area contributed by atoms with Crippen LogP contribution in [0.5, 0.6) is 0 Å². The zero-order chi connectivity index (χ0) is 13.4. The molecular formula is C15H26O3. The smallest absolute Gasteiger partial charge is 0.313 e. The van der Waals surface area contributed by atoms with Crippen LogP contribution >= 0.6 is 0 Å². The number of Topliss-reactive ketones (excluding diaryl/α,β-unsaturated/α-hetero) is 1. The second-order valence-corrected chi connectivity index (χ2v) is 5.54. The highest BCUT2D eigenvalue weighted by Gasteiger charge is 2.19. The number of hydrogen-bond acceptors (Lipinski definition) is 3. The Hall–Kier alpha value is -0.860. The summed E-state index contributed by atoms with van der Waals surface area (Å²) in [5.41, 5.74) is 0. The van der Waals surface area contributed by atoms with E-state index in [2.05, 4.69) is 0 Å². The van der Waals surface area contributed by atoms with Crippen LogP contribution in [0.1, 0.15) is 71.6 Å². The Labute approximate surface area is 110 Å². The van der Waals surface area contributed by atoms with E-state index in [0.717, 1.165) is 25.7 Å². The summed E-state index contributed by atoms with van der Waals surface area (Å²) in [7, 11) is 0. The molecule has 1 rings (SSSR count). The van der Waals surface area contributed by atoms with Gasteiger partial charge in [-0.3, -0.25) is 9.59 Å². The third-order valence-corrected chi connectivity index (χ3v) is 3.70. The van der Waals surface area contributed by atoms with Crippen LogP contribution in [0.15, 0.2) is 0 Å². The normalized spacial score (nSPS) is 29.4. The van der Waals surface area contributed by atoms with Gasteiger partial charge in [0.25, 0.3) is 0 Å². The molecule has 18 heavy (non-hydrogen) atoms. The van der Waals surface area contributed by atoms with Gasteiger partial charge in [-0.05, 0) is 26.2 Å². The lowest BCUT2D eigenvalue weighted by atomic mass is 9.96. The van der Waals surface area contributed by atoms with Crippen molar-refractivity contribution in [2.75, 3.05) is 0 Å². The Kier molecular flexibility index (Phi) is 6.99. The van der Waals surface area contributed by atoms with Crippen molar-refractivity contribution in [3.05, 3.63) is 0 Å². The Bertz CT molecular complexity index is 273. The summed E-state index contributed by atoms with van der Waals surface area (Å²) in [5, 5.41) is 0. The number of carbonyl (C=O) groups is 2. The van der Waals surface area contributed by atoms with E-state index in [1.807, 2.05) is 13.8 Å². The van der Waals surface area contributed by atoms with Crippen molar-refractivity contribution >= 4 is 11.8 Å². The maximum absolute atomic E-state index is 11.8. The fourth-order valence-electron chi connectivity index (χ4n) is 2.39. The minimum Gasteiger partial charge on any atom is -0.462 e. The van der Waals surface area contributed by atoms with Crippen molar-refractivity contribution in [1.29, 1.82) is 0 Å². The Morgan fingerprint density at radius 2 is 1.44 bits per heavy atom. The van der Waals surface area contributed by atoms with Crippen LogP contribution in [0.25, 0.3) is 0 Å². The summed E-state index contributed by atoms with van der Waals surface area (Å²) in [5.74, 6) is -0.323. The molecule has 0 aromatic rings. The highest BCUT2D eigenvalue weighted by molar-refractivity contribution is 5.96. The van der Waals surface area contributed by atoms with Gasteiger partial charge in [0.15, 0.2) is 0 Å². The van der Waals surface area contributed by atoms with Gasteiger partial charge in [-0.1, -0.05) is 39.0 Å². The third kappa shape index (κ3) is 6.18. The topological polar surface area (TPSA) is 43.4 Å². The quantitative estimate of drug-likeness (QED) is 0.489. The molecule has 1 heterocycles. The number of hydrogen-bond donors (Lipinski definition) is 0. The maximum Gasteiger partial charge on any atom is 0.313 e. The second kappa shape index (κ2) is 8.28. The van der Waals surface area contributed by atoms with Gasteiger partial charge in [0.05, 0.1) is 6.10 Å². The molecule has 0 saturated carbocycles. The first-order valence-electron chi connectivity index (χ1n) is 7.32. The van der Waals surface area contributed by atoms with Gasteiger partial charge < -0.3 is 4.74 Å². The van der Waals surface area contributed by atoms with Crippen LogP contribution in [0.4, 0.5) is 0 Å². The van der Waals surface area contributed by atoms with Gasteiger partial charge in [0, 0.05) is 5.92 Å². The first-order valence-corrected chi connectivity index (χ1v) is 7.32. The van der Waals surface area contributed by atoms with Gasteiger partial charge in [0.1, 0.15) is 12.2 Å². The molecule has 1 fully saturated rings. The number of ketones is 1. The van der Waals surface area contributed by atoms with Crippen LogP contribution in [0.3, 0.4) is 0 Å². The van der Waals surface area contributed by atoms with Crippen molar-refractivity contribution in [3.63, 3.8) is 0 Å². The predicted molar refractivity (Wildman–Crippen MR) is 71.3 cm³/mol. The number of rotatable bonds is 0. The highest BCUT2D eigenvalue weighted by atomic mass is 16.5. The molecular weight excluding hydrogens is 228 g/mol. The summed E-state index contributed by atoms with van der Waals surface area (Å²) in [4.78, 5) is 23.4. The average Bonchev–Trinajstić information content (AvgIpc) is 2.30. The van der Waals surface area contributed by atoms with E-state index in [1.165, 1.54) is 25.7 Å². The molecule has 1 aliphatic heterocycles. The number of carbonyl (C=O) groups excluding carboxylic acids is 2. The Morgan fingerprint density at radius 3 is 2.11 bits per heavy atom. The Balaban J connectivity index is 2.47. The molecule has 0 unspecified atom stereocenters. The first-order chi connectivity index (χ1) is 8.59. The van der Waals surface area contributed by atoms with Crippen molar-refractivity contribution in [1.82, 2.24) is 0 Å². The van der Waals surface area contributed by atoms with Crippen molar-refractivity contribution in [2.24, 2.45) is 5.92 Å². The standard InChI is InChI=1S/C15H26O3/c1-12-9-7-5-3-4-6-8-10-13(2)18-15(17)11-14(12)16/h12-13H,3-11H2,1-2H3/t12-,13-/m0/s1. The molecule has 3 heteroatoms. The fourth-order valence-corrected chi connectivity index (χ4v) is 2.39. The summed E-state index contributed by atoms with van der Waals surface area (Å²) in [6.45, 7) is 3.84. The zero-order valence-electron chi connectivity index (χ0n) is 11.7. The molecule has 0 amide bonds. The van der Waals surface area contributed by atoms with E-state index in [4.69, 9.17) is 4.74 Å². The number of cyclic esters (lactones) is 1. The lowest BCUT2D eigenvalue weighted by Crippen LogP contribution is -2.21. The lowest BCUT2D eigenvalue weighted by Gasteiger charge is -2.15. The zero-order valence-corrected chi connectivity index (χ0v) is 11.7. The summed E-state index contributed by atoms with van der Waals surface area (Å²) in [6.07, 6.45) is 8.86. The van der Waals surface area contributed by atoms with Gasteiger partial charge in [-0.25, -0.2) is 0 Å². The van der Waals surface area contributed by atoms with Crippen LogP contribution < -0.4 is 0 Å². The molecule has 0 aliphatic carbocycles. The van der Waals surface area contributed by atoms with Crippen LogP contribution in [0.2, 0.25) is 0 Å². The van der Waals surface area contributed by atoms with Gasteiger partial charge >= 0.3 is 5.97 Å². The lowest BCUT2D eigenvalue weighted by molar-refractivity contribution is -0.151. The number of ether oxygens (including phenoxy) is 1. The van der Waals surface area contributed by atoms with E-state index in [-0.39, 0.29) is 30.2 Å². The SMILES string of the molecule is C[C@H]1CCCCCCCC[C@H](C)C(=O)CC(=O)O1. The van der Waals surface area contributed by atoms with E-state index >= 15 is 0 Å². The summed E-state index contributed by atoms with van der Waals surface area (Å²) >= 11 is 0. The van der Waals surface area contributed by atoms with Crippen LogP contribution in [-0.2, 0) is 14.3 Å². The van der Waals surface area contributed by atoms with Gasteiger partial charge in [-0.15, -0.1) is 0 Å². The maximum atomic E-state index is 11.8. The van der Waals surface area contributed by atoms with E-state index < -0.39 is 0 Å². The molecule has 1 aliphatic rings. The van der Waals surface area contributed by atoms with Crippen LogP contribution in [-0.4, -0.2) is 17.9 Å². The molecule has 1 saturated heterocycles. The monoisotopic (exact) mass is 254 g/mol. The molecule has 0 N–H and O–H groups in total. The molecule has 0 bridgehead atoms. The van der Waals surface area contributed by atoms with Crippen molar-refractivity contribution < 1.29 is 14.3 Å². The minimum absolute atomic E-state index is 0.00389. The van der Waals surface area contributed by atoms with E-state index in [0.29, 0.717) is 0 Å². The summed E-state index contributed by atoms with van der Waals surface area (Å²) < 4.78 is 5.25. The summed E-state index contributed by atoms with van der Waals surface area (Å²) in [6, 6.07) is 0. The molecule has 0 spiro atoms. The number of esters is 1. The molecule has 0 aromatic carbocycles. The molecule has 0 radical (unpaired) electrons. The molecule has 2 atom stereocenters. The Morgan fingerprint density at radius 1 is 0.889 bits per heavy atom. The van der Waals surface area contributed by atoms with Crippen LogP contribution in [0, 0.1) is 5.92 Å². The molecule has 104 valence electrons. The van der Waals surface area contributed by atoms with Crippen molar-refractivity contribution in [3.8, 4) is 0 Å². The minimum atomic E-state index is -0.351. The van der Waals surface area contributed by atoms with Crippen molar-refractivity contribution in [2.45, 2.75) is 77.7 Å². The fraction of sp³-hybridized carbons (Fsp3) is 0.867. The average molecular weight is 254 g/mol. The highest BCUT2D eigenvalue weighted by Crippen LogP contribution is 2.17. The van der Waals surface area contributed by atoms with E-state index in [1.54, 1.807) is 0 Å². The molecule has 3 nitrogen and oxygen atoms in total. The van der Waals surface area contributed by atoms with Gasteiger partial charge in [-0.2, -0.15) is 0 Å².